The summed E-state index contributed by atoms with van der Waals surface area (Å²) in [6.45, 7) is 2.29. The van der Waals surface area contributed by atoms with Gasteiger partial charge in [0.1, 0.15) is 0 Å². The molecule has 0 saturated heterocycles. The van der Waals surface area contributed by atoms with E-state index in [0.29, 0.717) is 19.6 Å². The third-order valence-corrected chi connectivity index (χ3v) is 3.60. The topological polar surface area (TPSA) is 70.6 Å². The van der Waals surface area contributed by atoms with E-state index >= 15 is 0 Å². The Morgan fingerprint density at radius 2 is 2.09 bits per heavy atom. The van der Waals surface area contributed by atoms with E-state index in [0.717, 1.165) is 25.0 Å². The van der Waals surface area contributed by atoms with Gasteiger partial charge in [0.2, 0.25) is 0 Å². The fraction of sp³-hybridized carbons (Fsp3) is 0.471. The summed E-state index contributed by atoms with van der Waals surface area (Å²) in [6.07, 6.45) is 3.83. The molecule has 1 atom stereocenters. The minimum atomic E-state index is -0.577. The molecule has 0 saturated carbocycles. The maximum atomic E-state index is 11.7. The highest BCUT2D eigenvalue weighted by Gasteiger charge is 2.08. The number of ether oxygens (including phenoxy) is 1. The summed E-state index contributed by atoms with van der Waals surface area (Å²) >= 11 is 0. The number of hydrogen-bond donors (Lipinski definition) is 3. The summed E-state index contributed by atoms with van der Waals surface area (Å²) < 4.78 is 5.24. The maximum Gasteiger partial charge on any atom is 0.314 e. The SMILES string of the molecule is O=C(NCCC1=CCOCC1)NCC(O)Cc1ccccc1. The van der Waals surface area contributed by atoms with Crippen molar-refractivity contribution in [3.63, 3.8) is 0 Å². The fourth-order valence-corrected chi connectivity index (χ4v) is 2.36. The highest BCUT2D eigenvalue weighted by Crippen LogP contribution is 2.10. The molecular weight excluding hydrogens is 280 g/mol. The van der Waals surface area contributed by atoms with Crippen LogP contribution in [0, 0.1) is 0 Å². The molecule has 2 rings (SSSR count). The predicted molar refractivity (Wildman–Crippen MR) is 85.7 cm³/mol. The first kappa shape index (κ1) is 16.5. The molecule has 0 aromatic heterocycles. The summed E-state index contributed by atoms with van der Waals surface area (Å²) in [7, 11) is 0. The molecule has 1 aliphatic heterocycles. The molecule has 5 nitrogen and oxygen atoms in total. The van der Waals surface area contributed by atoms with Gasteiger partial charge in [0, 0.05) is 19.5 Å². The normalized spacial score (nSPS) is 15.8. The van der Waals surface area contributed by atoms with Crippen LogP contribution in [0.25, 0.3) is 0 Å². The van der Waals surface area contributed by atoms with E-state index < -0.39 is 6.10 Å². The first-order valence-corrected chi connectivity index (χ1v) is 7.73. The van der Waals surface area contributed by atoms with Gasteiger partial charge in [-0.3, -0.25) is 0 Å². The standard InChI is InChI=1S/C17H24N2O3/c20-16(12-15-4-2-1-3-5-15)13-19-17(21)18-9-6-14-7-10-22-11-8-14/h1-5,7,16,20H,6,8-13H2,(H2,18,19,21). The number of aliphatic hydroxyl groups is 1. The molecule has 1 unspecified atom stereocenters. The Balaban J connectivity index is 1.58. The van der Waals surface area contributed by atoms with Crippen molar-refractivity contribution in [1.82, 2.24) is 10.6 Å². The highest BCUT2D eigenvalue weighted by atomic mass is 16.5. The van der Waals surface area contributed by atoms with E-state index in [1.165, 1.54) is 5.57 Å². The Hall–Kier alpha value is -1.85. The second kappa shape index (κ2) is 9.23. The molecule has 1 heterocycles. The smallest absolute Gasteiger partial charge is 0.314 e. The molecule has 2 amide bonds. The van der Waals surface area contributed by atoms with Gasteiger partial charge in [0.05, 0.1) is 19.3 Å². The minimum Gasteiger partial charge on any atom is -0.391 e. The zero-order chi connectivity index (χ0) is 15.6. The number of amides is 2. The van der Waals surface area contributed by atoms with Crippen molar-refractivity contribution < 1.29 is 14.6 Å². The molecule has 1 aromatic rings. The van der Waals surface area contributed by atoms with Gasteiger partial charge in [0.15, 0.2) is 0 Å². The molecule has 0 bridgehead atoms. The quantitative estimate of drug-likeness (QED) is 0.671. The van der Waals surface area contributed by atoms with Gasteiger partial charge in [-0.25, -0.2) is 4.79 Å². The molecule has 0 radical (unpaired) electrons. The molecule has 1 aromatic carbocycles. The largest absolute Gasteiger partial charge is 0.391 e. The Morgan fingerprint density at radius 3 is 2.82 bits per heavy atom. The van der Waals surface area contributed by atoms with Crippen LogP contribution in [0.5, 0.6) is 0 Å². The lowest BCUT2D eigenvalue weighted by Crippen LogP contribution is -2.40. The van der Waals surface area contributed by atoms with Crippen LogP contribution in [0.15, 0.2) is 42.0 Å². The first-order chi connectivity index (χ1) is 10.7. The lowest BCUT2D eigenvalue weighted by atomic mass is 10.1. The molecule has 0 fully saturated rings. The van der Waals surface area contributed by atoms with Crippen LogP contribution in [0.4, 0.5) is 4.79 Å². The van der Waals surface area contributed by atoms with Crippen LogP contribution >= 0.6 is 0 Å². The van der Waals surface area contributed by atoms with Gasteiger partial charge in [-0.2, -0.15) is 0 Å². The predicted octanol–water partition coefficient (Wildman–Crippen LogP) is 1.63. The van der Waals surface area contributed by atoms with Crippen molar-refractivity contribution in [2.75, 3.05) is 26.3 Å². The lowest BCUT2D eigenvalue weighted by Gasteiger charge is -2.15. The highest BCUT2D eigenvalue weighted by molar-refractivity contribution is 5.73. The van der Waals surface area contributed by atoms with Crippen LogP contribution in [0.2, 0.25) is 0 Å². The lowest BCUT2D eigenvalue weighted by molar-refractivity contribution is 0.153. The van der Waals surface area contributed by atoms with Crippen LogP contribution in [-0.2, 0) is 11.2 Å². The zero-order valence-electron chi connectivity index (χ0n) is 12.8. The van der Waals surface area contributed by atoms with Crippen molar-refractivity contribution in [2.24, 2.45) is 0 Å². The summed E-state index contributed by atoms with van der Waals surface area (Å²) in [5, 5.41) is 15.4. The Kier molecular flexibility index (Phi) is 6.93. The molecule has 3 N–H and O–H groups in total. The molecule has 120 valence electrons. The molecule has 0 spiro atoms. The van der Waals surface area contributed by atoms with E-state index in [9.17, 15) is 9.90 Å². The Labute approximate surface area is 131 Å². The van der Waals surface area contributed by atoms with Crippen molar-refractivity contribution in [1.29, 1.82) is 0 Å². The summed E-state index contributed by atoms with van der Waals surface area (Å²) in [6, 6.07) is 9.51. The van der Waals surface area contributed by atoms with Gasteiger partial charge < -0.3 is 20.5 Å². The average Bonchev–Trinajstić information content (AvgIpc) is 2.55. The van der Waals surface area contributed by atoms with Gasteiger partial charge in [-0.15, -0.1) is 0 Å². The number of carbonyl (C=O) groups is 1. The van der Waals surface area contributed by atoms with E-state index in [1.54, 1.807) is 0 Å². The van der Waals surface area contributed by atoms with Crippen molar-refractivity contribution in [2.45, 2.75) is 25.4 Å². The number of carbonyl (C=O) groups excluding carboxylic acids is 1. The Bertz CT molecular complexity index is 488. The van der Waals surface area contributed by atoms with E-state index in [-0.39, 0.29) is 12.6 Å². The van der Waals surface area contributed by atoms with E-state index in [4.69, 9.17) is 4.74 Å². The van der Waals surface area contributed by atoms with E-state index in [2.05, 4.69) is 16.7 Å². The van der Waals surface area contributed by atoms with Crippen molar-refractivity contribution in [3.8, 4) is 0 Å². The van der Waals surface area contributed by atoms with Crippen LogP contribution in [0.1, 0.15) is 18.4 Å². The van der Waals surface area contributed by atoms with Crippen molar-refractivity contribution >= 4 is 6.03 Å². The number of rotatable bonds is 7. The summed E-state index contributed by atoms with van der Waals surface area (Å²) in [5.41, 5.74) is 2.39. The van der Waals surface area contributed by atoms with Crippen molar-refractivity contribution in [3.05, 3.63) is 47.5 Å². The fourth-order valence-electron chi connectivity index (χ4n) is 2.36. The average molecular weight is 304 g/mol. The minimum absolute atomic E-state index is 0.236. The van der Waals surface area contributed by atoms with Gasteiger partial charge in [-0.05, 0) is 18.4 Å². The van der Waals surface area contributed by atoms with Crippen LogP contribution in [-0.4, -0.2) is 43.5 Å². The second-order valence-electron chi connectivity index (χ2n) is 5.42. The number of urea groups is 1. The number of aliphatic hydroxyl groups excluding tert-OH is 1. The maximum absolute atomic E-state index is 11.7. The number of benzene rings is 1. The number of nitrogens with one attached hydrogen (secondary N) is 2. The second-order valence-corrected chi connectivity index (χ2v) is 5.42. The first-order valence-electron chi connectivity index (χ1n) is 7.73. The van der Waals surface area contributed by atoms with Gasteiger partial charge in [-0.1, -0.05) is 42.0 Å². The third-order valence-electron chi connectivity index (χ3n) is 3.60. The molecule has 1 aliphatic rings. The monoisotopic (exact) mass is 304 g/mol. The summed E-state index contributed by atoms with van der Waals surface area (Å²) in [4.78, 5) is 11.7. The van der Waals surface area contributed by atoms with Crippen LogP contribution in [0.3, 0.4) is 0 Å². The van der Waals surface area contributed by atoms with E-state index in [1.807, 2.05) is 30.3 Å². The molecule has 5 heteroatoms. The third kappa shape index (κ3) is 6.28. The van der Waals surface area contributed by atoms with Gasteiger partial charge >= 0.3 is 6.03 Å². The molecule has 0 aliphatic carbocycles. The summed E-state index contributed by atoms with van der Waals surface area (Å²) in [5.74, 6) is 0. The molecule has 22 heavy (non-hydrogen) atoms. The zero-order valence-corrected chi connectivity index (χ0v) is 12.8. The van der Waals surface area contributed by atoms with Crippen LogP contribution < -0.4 is 10.6 Å². The van der Waals surface area contributed by atoms with Gasteiger partial charge in [0.25, 0.3) is 0 Å². The molecular formula is C17H24N2O3. The Morgan fingerprint density at radius 1 is 1.27 bits per heavy atom. The number of hydrogen-bond acceptors (Lipinski definition) is 3.